The molecular formula is C27H27N5O4S. The molecule has 4 heterocycles. The molecule has 0 radical (unpaired) electrons. The van der Waals surface area contributed by atoms with Crippen LogP contribution in [0.5, 0.6) is 0 Å². The highest BCUT2D eigenvalue weighted by atomic mass is 32.2. The van der Waals surface area contributed by atoms with E-state index >= 15 is 0 Å². The van der Waals surface area contributed by atoms with Gasteiger partial charge in [0.05, 0.1) is 29.3 Å². The quantitative estimate of drug-likeness (QED) is 0.415. The molecule has 1 aromatic carbocycles. The summed E-state index contributed by atoms with van der Waals surface area (Å²) in [4.78, 5) is 28.4. The van der Waals surface area contributed by atoms with Gasteiger partial charge in [-0.3, -0.25) is 14.8 Å². The Morgan fingerprint density at radius 1 is 1.14 bits per heavy atom. The smallest absolute Gasteiger partial charge is 0.251 e. The fourth-order valence-electron chi connectivity index (χ4n) is 4.37. The molecule has 1 N–H and O–H groups in total. The van der Waals surface area contributed by atoms with Gasteiger partial charge in [-0.25, -0.2) is 13.4 Å². The van der Waals surface area contributed by atoms with Crippen molar-refractivity contribution in [1.82, 2.24) is 20.3 Å². The standard InChI is InChI=1S/C27H27N5O4S/c1-18-3-4-20(13-25(18)37(2,34)35)27(33)30-16-22-14-23-21(15-29-22)5-6-26(31-23)32-11-12-36-24(17-32)19-7-9-28-10-8-19/h3-10,13-15,24H,11-12,16-17H2,1-2H3,(H,30,33)/t24-/m1/s1. The summed E-state index contributed by atoms with van der Waals surface area (Å²) in [6, 6.07) is 14.4. The molecule has 1 fully saturated rings. The molecule has 9 nitrogen and oxygen atoms in total. The van der Waals surface area contributed by atoms with Gasteiger partial charge in [0.25, 0.3) is 5.91 Å². The monoisotopic (exact) mass is 517 g/mol. The number of carbonyl (C=O) groups excluding carboxylic acids is 1. The molecule has 190 valence electrons. The van der Waals surface area contributed by atoms with Crippen LogP contribution in [0.4, 0.5) is 5.82 Å². The van der Waals surface area contributed by atoms with E-state index in [9.17, 15) is 13.2 Å². The number of amides is 1. The Morgan fingerprint density at radius 2 is 1.95 bits per heavy atom. The number of ether oxygens (including phenoxy) is 1. The number of benzene rings is 1. The first kappa shape index (κ1) is 24.8. The third-order valence-electron chi connectivity index (χ3n) is 6.36. The number of carbonyl (C=O) groups is 1. The van der Waals surface area contributed by atoms with E-state index in [1.807, 2.05) is 30.3 Å². The van der Waals surface area contributed by atoms with E-state index in [4.69, 9.17) is 9.72 Å². The van der Waals surface area contributed by atoms with Crippen LogP contribution in [0, 0.1) is 6.92 Å². The summed E-state index contributed by atoms with van der Waals surface area (Å²) in [7, 11) is -3.43. The number of nitrogens with zero attached hydrogens (tertiary/aromatic N) is 4. The molecule has 1 amide bonds. The van der Waals surface area contributed by atoms with E-state index in [0.717, 1.165) is 35.1 Å². The maximum absolute atomic E-state index is 12.7. The van der Waals surface area contributed by atoms with Gasteiger partial charge in [0.15, 0.2) is 9.84 Å². The van der Waals surface area contributed by atoms with Crippen LogP contribution in [0.2, 0.25) is 0 Å². The van der Waals surface area contributed by atoms with Crippen LogP contribution in [-0.2, 0) is 21.1 Å². The minimum atomic E-state index is -3.43. The van der Waals surface area contributed by atoms with Gasteiger partial charge in [-0.15, -0.1) is 0 Å². The molecule has 1 atom stereocenters. The normalized spacial score (nSPS) is 16.1. The van der Waals surface area contributed by atoms with E-state index in [2.05, 4.69) is 20.2 Å². The molecule has 10 heteroatoms. The average molecular weight is 518 g/mol. The molecule has 0 saturated carbocycles. The van der Waals surface area contributed by atoms with E-state index in [1.165, 1.54) is 6.07 Å². The van der Waals surface area contributed by atoms with Gasteiger partial charge >= 0.3 is 0 Å². The fraction of sp³-hybridized carbons (Fsp3) is 0.259. The number of fused-ring (bicyclic) bond motifs is 1. The number of sulfone groups is 1. The van der Waals surface area contributed by atoms with Crippen LogP contribution in [0.15, 0.2) is 72.0 Å². The van der Waals surface area contributed by atoms with E-state index in [1.54, 1.807) is 37.6 Å². The zero-order valence-corrected chi connectivity index (χ0v) is 21.4. The Labute approximate surface area is 215 Å². The van der Waals surface area contributed by atoms with Crippen molar-refractivity contribution in [2.45, 2.75) is 24.5 Å². The predicted octanol–water partition coefficient (Wildman–Crippen LogP) is 3.24. The predicted molar refractivity (Wildman–Crippen MR) is 140 cm³/mol. The van der Waals surface area contributed by atoms with Crippen molar-refractivity contribution in [3.8, 4) is 0 Å². The van der Waals surface area contributed by atoms with Gasteiger partial charge < -0.3 is 15.0 Å². The third-order valence-corrected chi connectivity index (χ3v) is 7.60. The number of aryl methyl sites for hydroxylation is 1. The molecule has 3 aromatic heterocycles. The first-order valence-corrected chi connectivity index (χ1v) is 13.8. The number of pyridine rings is 3. The topological polar surface area (TPSA) is 114 Å². The molecule has 37 heavy (non-hydrogen) atoms. The molecule has 1 aliphatic rings. The van der Waals surface area contributed by atoms with Gasteiger partial charge in [-0.1, -0.05) is 6.07 Å². The van der Waals surface area contributed by atoms with Crippen molar-refractivity contribution in [1.29, 1.82) is 0 Å². The number of rotatable bonds is 6. The molecule has 0 aliphatic carbocycles. The first-order valence-electron chi connectivity index (χ1n) is 11.9. The van der Waals surface area contributed by atoms with E-state index < -0.39 is 9.84 Å². The molecule has 0 bridgehead atoms. The van der Waals surface area contributed by atoms with Crippen LogP contribution in [0.25, 0.3) is 10.9 Å². The zero-order chi connectivity index (χ0) is 26.0. The number of morpholine rings is 1. The maximum Gasteiger partial charge on any atom is 0.251 e. The highest BCUT2D eigenvalue weighted by molar-refractivity contribution is 7.90. The molecule has 5 rings (SSSR count). The van der Waals surface area contributed by atoms with Crippen molar-refractivity contribution in [3.63, 3.8) is 0 Å². The first-order chi connectivity index (χ1) is 17.8. The number of aromatic nitrogens is 3. The fourth-order valence-corrected chi connectivity index (χ4v) is 5.36. The summed E-state index contributed by atoms with van der Waals surface area (Å²) in [5, 5.41) is 3.72. The van der Waals surface area contributed by atoms with Gasteiger partial charge in [0.1, 0.15) is 11.9 Å². The van der Waals surface area contributed by atoms with E-state index in [-0.39, 0.29) is 29.0 Å². The Hall–Kier alpha value is -3.89. The van der Waals surface area contributed by atoms with Gasteiger partial charge in [-0.2, -0.15) is 0 Å². The van der Waals surface area contributed by atoms with Crippen molar-refractivity contribution in [2.75, 3.05) is 30.9 Å². The summed E-state index contributed by atoms with van der Waals surface area (Å²) in [6.07, 6.45) is 6.35. The van der Waals surface area contributed by atoms with E-state index in [0.29, 0.717) is 24.4 Å². The van der Waals surface area contributed by atoms with Crippen molar-refractivity contribution in [3.05, 3.63) is 89.5 Å². The largest absolute Gasteiger partial charge is 0.370 e. The van der Waals surface area contributed by atoms with Crippen molar-refractivity contribution < 1.29 is 17.9 Å². The Balaban J connectivity index is 1.30. The third kappa shape index (κ3) is 5.60. The average Bonchev–Trinajstić information content (AvgIpc) is 2.91. The zero-order valence-electron chi connectivity index (χ0n) is 20.6. The molecular weight excluding hydrogens is 490 g/mol. The lowest BCUT2D eigenvalue weighted by Gasteiger charge is -2.34. The Morgan fingerprint density at radius 3 is 2.73 bits per heavy atom. The van der Waals surface area contributed by atoms with Crippen molar-refractivity contribution >= 4 is 32.5 Å². The minimum Gasteiger partial charge on any atom is -0.370 e. The molecule has 1 aliphatic heterocycles. The summed E-state index contributed by atoms with van der Waals surface area (Å²) < 4.78 is 30.0. The molecule has 1 saturated heterocycles. The SMILES string of the molecule is Cc1ccc(C(=O)NCc2cc3nc(N4CCO[C@@H](c5ccncc5)C4)ccc3cn2)cc1S(C)(=O)=O. The van der Waals surface area contributed by atoms with Gasteiger partial charge in [-0.05, 0) is 60.5 Å². The molecule has 0 spiro atoms. The summed E-state index contributed by atoms with van der Waals surface area (Å²) in [5.41, 5.74) is 3.39. The number of hydrogen-bond donors (Lipinski definition) is 1. The van der Waals surface area contributed by atoms with Crippen LogP contribution in [0.3, 0.4) is 0 Å². The molecule has 0 unspecified atom stereocenters. The van der Waals surface area contributed by atoms with Crippen LogP contribution in [0.1, 0.15) is 33.3 Å². The second-order valence-corrected chi connectivity index (χ2v) is 11.0. The van der Waals surface area contributed by atoms with Crippen LogP contribution in [-0.4, -0.2) is 55.2 Å². The summed E-state index contributed by atoms with van der Waals surface area (Å²) >= 11 is 0. The highest BCUT2D eigenvalue weighted by Gasteiger charge is 2.23. The second-order valence-electron chi connectivity index (χ2n) is 9.06. The summed E-state index contributed by atoms with van der Waals surface area (Å²) in [6.45, 7) is 3.90. The van der Waals surface area contributed by atoms with Gasteiger partial charge in [0.2, 0.25) is 0 Å². The highest BCUT2D eigenvalue weighted by Crippen LogP contribution is 2.26. The van der Waals surface area contributed by atoms with Crippen molar-refractivity contribution in [2.24, 2.45) is 0 Å². The number of hydrogen-bond acceptors (Lipinski definition) is 8. The lowest BCUT2D eigenvalue weighted by molar-refractivity contribution is 0.0395. The van der Waals surface area contributed by atoms with Crippen LogP contribution < -0.4 is 10.2 Å². The second kappa shape index (κ2) is 10.2. The van der Waals surface area contributed by atoms with Crippen LogP contribution >= 0.6 is 0 Å². The minimum absolute atomic E-state index is 0.0533. The maximum atomic E-state index is 12.7. The Bertz CT molecular complexity index is 1560. The summed E-state index contributed by atoms with van der Waals surface area (Å²) in [5.74, 6) is 0.480. The van der Waals surface area contributed by atoms with Gasteiger partial charge in [0, 0.05) is 48.9 Å². The Kier molecular flexibility index (Phi) is 6.86. The number of anilines is 1. The molecule has 4 aromatic rings. The number of nitrogens with one attached hydrogen (secondary N) is 1. The lowest BCUT2D eigenvalue weighted by atomic mass is 10.1. The lowest BCUT2D eigenvalue weighted by Crippen LogP contribution is -2.38.